The Morgan fingerprint density at radius 1 is 0.589 bits per heavy atom. The van der Waals surface area contributed by atoms with Crippen molar-refractivity contribution in [1.82, 2.24) is 9.55 Å². The molecule has 5 heteroatoms. The highest BCUT2D eigenvalue weighted by molar-refractivity contribution is 6.09. The average molecular weight is 739 g/mol. The fourth-order valence-corrected chi connectivity index (χ4v) is 8.01. The zero-order valence-electron chi connectivity index (χ0n) is 34.3. The molecular formula is C51H54N4O. The minimum absolute atomic E-state index is 0.0104. The Labute approximate surface area is 332 Å². The fraction of sp³-hybridized carbons (Fsp3) is 0.275. The molecule has 5 nitrogen and oxygen atoms in total. The molecule has 0 radical (unpaired) electrons. The van der Waals surface area contributed by atoms with Crippen LogP contribution in [0.15, 0.2) is 134 Å². The SMILES string of the molecule is CC(C)c1cc(C(C)C)c(-c2cccc(N3C=CN(c4cccc(Oc5ccc6c7ccccc7n(-c7cc(C(C)(C)C)ccn7)c6c5)c4)C3)c2)c(C(C)C)c1. The highest BCUT2D eigenvalue weighted by atomic mass is 16.5. The van der Waals surface area contributed by atoms with Crippen LogP contribution in [0.2, 0.25) is 0 Å². The average Bonchev–Trinajstić information content (AvgIpc) is 3.81. The van der Waals surface area contributed by atoms with Gasteiger partial charge < -0.3 is 14.5 Å². The number of para-hydroxylation sites is 1. The Morgan fingerprint density at radius 3 is 1.91 bits per heavy atom. The van der Waals surface area contributed by atoms with E-state index in [0.29, 0.717) is 24.4 Å². The van der Waals surface area contributed by atoms with Gasteiger partial charge in [-0.05, 0) is 111 Å². The van der Waals surface area contributed by atoms with Crippen LogP contribution in [0.1, 0.15) is 102 Å². The Balaban J connectivity index is 1.06. The van der Waals surface area contributed by atoms with Crippen LogP contribution in [0, 0.1) is 0 Å². The molecule has 1 aliphatic rings. The van der Waals surface area contributed by atoms with E-state index < -0.39 is 0 Å². The number of aromatic nitrogens is 2. The lowest BCUT2D eigenvalue weighted by Gasteiger charge is -2.25. The molecular weight excluding hydrogens is 685 g/mol. The van der Waals surface area contributed by atoms with Crippen LogP contribution in [0.4, 0.5) is 11.4 Å². The smallest absolute Gasteiger partial charge is 0.137 e. The first kappa shape index (κ1) is 37.1. The summed E-state index contributed by atoms with van der Waals surface area (Å²) < 4.78 is 8.87. The quantitative estimate of drug-likeness (QED) is 0.148. The summed E-state index contributed by atoms with van der Waals surface area (Å²) in [5, 5.41) is 2.36. The van der Waals surface area contributed by atoms with E-state index in [4.69, 9.17) is 9.72 Å². The van der Waals surface area contributed by atoms with Crippen molar-refractivity contribution < 1.29 is 4.74 Å². The first-order valence-electron chi connectivity index (χ1n) is 20.1. The minimum atomic E-state index is 0.0104. The molecule has 0 atom stereocenters. The number of ether oxygens (including phenoxy) is 1. The molecule has 2 aromatic heterocycles. The summed E-state index contributed by atoms with van der Waals surface area (Å²) in [6.45, 7) is 21.3. The second-order valence-corrected chi connectivity index (χ2v) is 17.3. The number of rotatable bonds is 9. The molecule has 3 heterocycles. The maximum atomic E-state index is 6.61. The molecule has 0 bridgehead atoms. The summed E-state index contributed by atoms with van der Waals surface area (Å²) >= 11 is 0. The van der Waals surface area contributed by atoms with E-state index in [-0.39, 0.29) is 5.41 Å². The molecule has 0 N–H and O–H groups in total. The van der Waals surface area contributed by atoms with Crippen molar-refractivity contribution in [1.29, 1.82) is 0 Å². The molecule has 5 aromatic carbocycles. The van der Waals surface area contributed by atoms with E-state index in [1.54, 1.807) is 0 Å². The third-order valence-electron chi connectivity index (χ3n) is 11.2. The Kier molecular flexibility index (Phi) is 9.74. The number of anilines is 2. The Morgan fingerprint density at radius 2 is 1.23 bits per heavy atom. The van der Waals surface area contributed by atoms with Gasteiger partial charge in [0, 0.05) is 52.9 Å². The molecule has 0 aliphatic carbocycles. The van der Waals surface area contributed by atoms with Gasteiger partial charge in [0.25, 0.3) is 0 Å². The molecule has 8 rings (SSSR count). The summed E-state index contributed by atoms with van der Waals surface area (Å²) in [5.74, 6) is 3.82. The summed E-state index contributed by atoms with van der Waals surface area (Å²) in [5.41, 5.74) is 12.6. The molecule has 7 aromatic rings. The van der Waals surface area contributed by atoms with Crippen LogP contribution in [0.3, 0.4) is 0 Å². The number of pyridine rings is 1. The van der Waals surface area contributed by atoms with Gasteiger partial charge >= 0.3 is 0 Å². The lowest BCUT2D eigenvalue weighted by atomic mass is 9.81. The van der Waals surface area contributed by atoms with Crippen LogP contribution in [-0.2, 0) is 5.41 Å². The van der Waals surface area contributed by atoms with Crippen molar-refractivity contribution in [2.75, 3.05) is 16.5 Å². The standard InChI is InChI=1S/C51H54N4O/c1-33(2)37-27-45(34(3)4)50(46(28-37)35(5)6)36-14-12-15-39(26-36)53-24-25-54(32-53)40-16-13-17-41(30-40)56-42-20-21-44-43-18-10-11-19-47(43)55(48(44)31-42)49-29-38(22-23-52-49)51(7,8)9/h10-31,33-35H,32H2,1-9H3. The molecule has 1 aliphatic heterocycles. The van der Waals surface area contributed by atoms with Gasteiger partial charge in [0.15, 0.2) is 0 Å². The van der Waals surface area contributed by atoms with E-state index in [1.165, 1.54) is 49.8 Å². The van der Waals surface area contributed by atoms with Gasteiger partial charge in [-0.1, -0.05) is 111 Å². The second kappa shape index (κ2) is 14.7. The van der Waals surface area contributed by atoms with Crippen LogP contribution in [0.5, 0.6) is 11.5 Å². The fourth-order valence-electron chi connectivity index (χ4n) is 8.01. The topological polar surface area (TPSA) is 33.5 Å². The lowest BCUT2D eigenvalue weighted by Crippen LogP contribution is -2.24. The number of hydrogen-bond acceptors (Lipinski definition) is 4. The Bertz CT molecular complexity index is 2560. The summed E-state index contributed by atoms with van der Waals surface area (Å²) in [7, 11) is 0. The zero-order valence-corrected chi connectivity index (χ0v) is 34.3. The number of fused-ring (bicyclic) bond motifs is 3. The van der Waals surface area contributed by atoms with E-state index in [1.807, 2.05) is 12.3 Å². The molecule has 0 fully saturated rings. The van der Waals surface area contributed by atoms with Crippen molar-refractivity contribution in [2.24, 2.45) is 0 Å². The van der Waals surface area contributed by atoms with Gasteiger partial charge in [-0.15, -0.1) is 0 Å². The van der Waals surface area contributed by atoms with Gasteiger partial charge in [-0.3, -0.25) is 4.57 Å². The van der Waals surface area contributed by atoms with Gasteiger partial charge in [-0.2, -0.15) is 0 Å². The molecule has 0 unspecified atom stereocenters. The van der Waals surface area contributed by atoms with Crippen LogP contribution in [0.25, 0.3) is 38.8 Å². The third-order valence-corrected chi connectivity index (χ3v) is 11.2. The highest BCUT2D eigenvalue weighted by Crippen LogP contribution is 2.41. The van der Waals surface area contributed by atoms with Crippen LogP contribution < -0.4 is 14.5 Å². The normalized spacial score (nSPS) is 13.4. The van der Waals surface area contributed by atoms with E-state index in [9.17, 15) is 0 Å². The van der Waals surface area contributed by atoms with Crippen molar-refractivity contribution in [3.8, 4) is 28.4 Å². The molecule has 0 spiro atoms. The molecule has 0 amide bonds. The molecule has 284 valence electrons. The Hall–Kier alpha value is -5.81. The van der Waals surface area contributed by atoms with E-state index >= 15 is 0 Å². The highest BCUT2D eigenvalue weighted by Gasteiger charge is 2.22. The predicted molar refractivity (Wildman–Crippen MR) is 237 cm³/mol. The lowest BCUT2D eigenvalue weighted by molar-refractivity contribution is 0.483. The molecule has 0 saturated carbocycles. The predicted octanol–water partition coefficient (Wildman–Crippen LogP) is 14.1. The van der Waals surface area contributed by atoms with Crippen molar-refractivity contribution in [3.05, 3.63) is 156 Å². The third kappa shape index (κ3) is 7.07. The van der Waals surface area contributed by atoms with Gasteiger partial charge in [0.1, 0.15) is 17.3 Å². The molecule has 56 heavy (non-hydrogen) atoms. The number of benzene rings is 5. The van der Waals surface area contributed by atoms with Gasteiger partial charge in [0.2, 0.25) is 0 Å². The van der Waals surface area contributed by atoms with Crippen molar-refractivity contribution in [3.63, 3.8) is 0 Å². The zero-order chi connectivity index (χ0) is 39.3. The second-order valence-electron chi connectivity index (χ2n) is 17.3. The van der Waals surface area contributed by atoms with Crippen LogP contribution >= 0.6 is 0 Å². The van der Waals surface area contributed by atoms with Crippen molar-refractivity contribution >= 4 is 33.2 Å². The van der Waals surface area contributed by atoms with E-state index in [0.717, 1.165) is 34.0 Å². The summed E-state index contributed by atoms with van der Waals surface area (Å²) in [4.78, 5) is 9.44. The first-order valence-corrected chi connectivity index (χ1v) is 20.1. The van der Waals surface area contributed by atoms with Gasteiger partial charge in [-0.25, -0.2) is 4.98 Å². The van der Waals surface area contributed by atoms with E-state index in [2.05, 4.69) is 198 Å². The maximum Gasteiger partial charge on any atom is 0.137 e. The largest absolute Gasteiger partial charge is 0.457 e. The first-order chi connectivity index (χ1) is 26.9. The number of hydrogen-bond donors (Lipinski definition) is 0. The summed E-state index contributed by atoms with van der Waals surface area (Å²) in [6.07, 6.45) is 6.26. The molecule has 0 saturated heterocycles. The minimum Gasteiger partial charge on any atom is -0.457 e. The van der Waals surface area contributed by atoms with Gasteiger partial charge in [0.05, 0.1) is 17.7 Å². The maximum absolute atomic E-state index is 6.61. The van der Waals surface area contributed by atoms with Crippen LogP contribution in [-0.4, -0.2) is 16.2 Å². The van der Waals surface area contributed by atoms with Crippen molar-refractivity contribution in [2.45, 2.75) is 85.5 Å². The summed E-state index contributed by atoms with van der Waals surface area (Å²) in [6, 6.07) is 41.6. The number of nitrogens with zero attached hydrogens (tertiary/aromatic N) is 4. The monoisotopic (exact) mass is 738 g/mol.